The number of oxime groups is 1. The summed E-state index contributed by atoms with van der Waals surface area (Å²) in [5, 5.41) is 19.1. The van der Waals surface area contributed by atoms with Crippen molar-refractivity contribution in [2.24, 2.45) is 5.16 Å². The van der Waals surface area contributed by atoms with Gasteiger partial charge in [-0.25, -0.2) is 9.18 Å². The van der Waals surface area contributed by atoms with Crippen molar-refractivity contribution in [1.82, 2.24) is 0 Å². The van der Waals surface area contributed by atoms with Gasteiger partial charge in [-0.05, 0) is 24.3 Å². The highest BCUT2D eigenvalue weighted by Crippen LogP contribution is 2.04. The van der Waals surface area contributed by atoms with Crippen LogP contribution in [0.1, 0.15) is 10.4 Å². The van der Waals surface area contributed by atoms with E-state index in [1.54, 1.807) is 0 Å². The van der Waals surface area contributed by atoms with Crippen LogP contribution in [-0.4, -0.2) is 27.8 Å². The summed E-state index contributed by atoms with van der Waals surface area (Å²) in [5.74, 6) is -3.18. The summed E-state index contributed by atoms with van der Waals surface area (Å²) in [7, 11) is 0. The second-order valence-corrected chi connectivity index (χ2v) is 2.59. The van der Waals surface area contributed by atoms with E-state index in [-0.39, 0.29) is 5.56 Å². The van der Waals surface area contributed by atoms with E-state index in [4.69, 9.17) is 10.3 Å². The van der Waals surface area contributed by atoms with Crippen LogP contribution in [0.25, 0.3) is 0 Å². The van der Waals surface area contributed by atoms with E-state index in [1.807, 2.05) is 0 Å². The van der Waals surface area contributed by atoms with Crippen LogP contribution >= 0.6 is 0 Å². The number of carboxylic acid groups (broad SMARTS) is 1. The molecule has 0 saturated heterocycles. The molecule has 15 heavy (non-hydrogen) atoms. The summed E-state index contributed by atoms with van der Waals surface area (Å²) in [6.45, 7) is 0. The third-order valence-corrected chi connectivity index (χ3v) is 1.62. The molecule has 0 heterocycles. The lowest BCUT2D eigenvalue weighted by Gasteiger charge is -1.98. The third kappa shape index (κ3) is 2.37. The maximum Gasteiger partial charge on any atom is 0.362 e. The minimum atomic E-state index is -1.65. The predicted molar refractivity (Wildman–Crippen MR) is 47.6 cm³/mol. The highest BCUT2D eigenvalue weighted by atomic mass is 19.1. The molecule has 0 aliphatic carbocycles. The van der Waals surface area contributed by atoms with Crippen LogP contribution in [-0.2, 0) is 4.79 Å². The number of rotatable bonds is 3. The molecule has 0 atom stereocenters. The summed E-state index contributed by atoms with van der Waals surface area (Å²) in [4.78, 5) is 21.8. The Kier molecular flexibility index (Phi) is 3.12. The Morgan fingerprint density at radius 3 is 2.13 bits per heavy atom. The molecule has 0 spiro atoms. The molecular weight excluding hydrogens is 205 g/mol. The number of hydrogen-bond donors (Lipinski definition) is 2. The molecule has 0 aliphatic rings. The normalized spacial score (nSPS) is 11.1. The average molecular weight is 211 g/mol. The smallest absolute Gasteiger partial charge is 0.362 e. The lowest BCUT2D eigenvalue weighted by molar-refractivity contribution is -0.129. The van der Waals surface area contributed by atoms with Gasteiger partial charge in [0.15, 0.2) is 0 Å². The summed E-state index contributed by atoms with van der Waals surface area (Å²) in [6, 6.07) is 4.21. The fourth-order valence-corrected chi connectivity index (χ4v) is 0.923. The van der Waals surface area contributed by atoms with Gasteiger partial charge in [-0.1, -0.05) is 5.16 Å². The molecule has 0 aromatic heterocycles. The van der Waals surface area contributed by atoms with Crippen molar-refractivity contribution >= 4 is 17.5 Å². The fraction of sp³-hybridized carbons (Fsp3) is 0. The van der Waals surface area contributed by atoms with Crippen molar-refractivity contribution < 1.29 is 24.3 Å². The van der Waals surface area contributed by atoms with E-state index in [2.05, 4.69) is 5.16 Å². The van der Waals surface area contributed by atoms with Gasteiger partial charge in [0.25, 0.3) is 0 Å². The van der Waals surface area contributed by atoms with Crippen LogP contribution in [0.3, 0.4) is 0 Å². The van der Waals surface area contributed by atoms with Gasteiger partial charge in [0, 0.05) is 5.56 Å². The number of nitrogens with zero attached hydrogens (tertiary/aromatic N) is 1. The molecule has 1 aromatic carbocycles. The Hall–Kier alpha value is -2.24. The predicted octanol–water partition coefficient (Wildman–Crippen LogP) is 0.923. The molecule has 1 rings (SSSR count). The minimum absolute atomic E-state index is 0.0633. The summed E-state index contributed by atoms with van der Waals surface area (Å²) in [6.07, 6.45) is 0. The van der Waals surface area contributed by atoms with Crippen LogP contribution in [0.15, 0.2) is 29.4 Å². The molecule has 0 radical (unpaired) electrons. The van der Waals surface area contributed by atoms with Crippen molar-refractivity contribution in [3.63, 3.8) is 0 Å². The van der Waals surface area contributed by atoms with Crippen molar-refractivity contribution in [3.8, 4) is 0 Å². The van der Waals surface area contributed by atoms with E-state index in [0.29, 0.717) is 0 Å². The topological polar surface area (TPSA) is 87.0 Å². The second-order valence-electron chi connectivity index (χ2n) is 2.59. The standard InChI is InChI=1S/C9H6FNO4/c10-6-3-1-5(2-4-6)8(12)7(11-15)9(13)14/h1-4,15H,(H,13,14)/b11-7-. The van der Waals surface area contributed by atoms with Gasteiger partial charge in [0.1, 0.15) is 5.82 Å². The van der Waals surface area contributed by atoms with Crippen LogP contribution in [0.2, 0.25) is 0 Å². The van der Waals surface area contributed by atoms with Gasteiger partial charge in [0.2, 0.25) is 11.5 Å². The first kappa shape index (κ1) is 10.8. The first-order chi connectivity index (χ1) is 7.06. The Morgan fingerprint density at radius 2 is 1.73 bits per heavy atom. The monoisotopic (exact) mass is 211 g/mol. The lowest BCUT2D eigenvalue weighted by atomic mass is 10.1. The molecule has 0 unspecified atom stereocenters. The van der Waals surface area contributed by atoms with Crippen molar-refractivity contribution in [2.75, 3.05) is 0 Å². The third-order valence-electron chi connectivity index (χ3n) is 1.62. The maximum atomic E-state index is 12.5. The molecule has 78 valence electrons. The molecule has 0 bridgehead atoms. The number of hydrogen-bond acceptors (Lipinski definition) is 4. The highest BCUT2D eigenvalue weighted by Gasteiger charge is 2.21. The van der Waals surface area contributed by atoms with E-state index in [1.165, 1.54) is 0 Å². The van der Waals surface area contributed by atoms with Crippen LogP contribution in [0, 0.1) is 5.82 Å². The molecule has 0 fully saturated rings. The van der Waals surface area contributed by atoms with Gasteiger partial charge < -0.3 is 10.3 Å². The largest absolute Gasteiger partial charge is 0.476 e. The van der Waals surface area contributed by atoms with Gasteiger partial charge in [-0.2, -0.15) is 0 Å². The molecule has 2 N–H and O–H groups in total. The van der Waals surface area contributed by atoms with Crippen LogP contribution < -0.4 is 0 Å². The molecule has 0 aliphatic heterocycles. The average Bonchev–Trinajstić information content (AvgIpc) is 2.19. The molecule has 5 nitrogen and oxygen atoms in total. The number of carboxylic acids is 1. The summed E-state index contributed by atoms with van der Waals surface area (Å²) < 4.78 is 12.5. The van der Waals surface area contributed by atoms with E-state index < -0.39 is 23.3 Å². The SMILES string of the molecule is O=C(O)/C(=N\O)C(=O)c1ccc(F)cc1. The number of aliphatic carboxylic acids is 1. The molecule has 0 amide bonds. The number of halogens is 1. The quantitative estimate of drug-likeness (QED) is 0.256. The second kappa shape index (κ2) is 4.32. The zero-order valence-corrected chi connectivity index (χ0v) is 7.35. The summed E-state index contributed by atoms with van der Waals surface area (Å²) in [5.41, 5.74) is -1.08. The maximum absolute atomic E-state index is 12.5. The Bertz CT molecular complexity index is 424. The van der Waals surface area contributed by atoms with Gasteiger partial charge in [0.05, 0.1) is 0 Å². The van der Waals surface area contributed by atoms with Gasteiger partial charge in [-0.15, -0.1) is 0 Å². The first-order valence-electron chi connectivity index (χ1n) is 3.82. The zero-order chi connectivity index (χ0) is 11.4. The Balaban J connectivity index is 3.04. The lowest BCUT2D eigenvalue weighted by Crippen LogP contribution is -2.23. The number of carbonyl (C=O) groups excluding carboxylic acids is 1. The highest BCUT2D eigenvalue weighted by molar-refractivity contribution is 6.67. The molecule has 1 aromatic rings. The molecule has 0 saturated carbocycles. The van der Waals surface area contributed by atoms with E-state index in [0.717, 1.165) is 24.3 Å². The number of benzene rings is 1. The van der Waals surface area contributed by atoms with Crippen LogP contribution in [0.4, 0.5) is 4.39 Å². The van der Waals surface area contributed by atoms with Crippen LogP contribution in [0.5, 0.6) is 0 Å². The molecule has 6 heteroatoms. The number of carbonyl (C=O) groups is 2. The van der Waals surface area contributed by atoms with Gasteiger partial charge in [-0.3, -0.25) is 4.79 Å². The first-order valence-corrected chi connectivity index (χ1v) is 3.82. The van der Waals surface area contributed by atoms with E-state index >= 15 is 0 Å². The Morgan fingerprint density at radius 1 is 1.20 bits per heavy atom. The molecular formula is C9H6FNO4. The van der Waals surface area contributed by atoms with Crippen molar-refractivity contribution in [3.05, 3.63) is 35.6 Å². The minimum Gasteiger partial charge on any atom is -0.476 e. The summed E-state index contributed by atoms with van der Waals surface area (Å²) >= 11 is 0. The zero-order valence-electron chi connectivity index (χ0n) is 7.35. The number of ketones is 1. The van der Waals surface area contributed by atoms with Gasteiger partial charge >= 0.3 is 5.97 Å². The fourth-order valence-electron chi connectivity index (χ4n) is 0.923. The van der Waals surface area contributed by atoms with E-state index in [9.17, 15) is 14.0 Å². The van der Waals surface area contributed by atoms with Crippen molar-refractivity contribution in [1.29, 1.82) is 0 Å². The number of Topliss-reactive ketones (excluding diaryl/α,β-unsaturated/α-hetero) is 1. The van der Waals surface area contributed by atoms with Crippen molar-refractivity contribution in [2.45, 2.75) is 0 Å². The Labute approximate surface area is 83.5 Å².